The summed E-state index contributed by atoms with van der Waals surface area (Å²) in [6.07, 6.45) is -1.31. The molecule has 0 bridgehead atoms. The van der Waals surface area contributed by atoms with Crippen molar-refractivity contribution in [1.29, 1.82) is 0 Å². The smallest absolute Gasteiger partial charge is 0.326 e. The second-order valence-electron chi connectivity index (χ2n) is 3.50. The van der Waals surface area contributed by atoms with E-state index in [1.165, 1.54) is 0 Å². The minimum Gasteiger partial charge on any atom is -0.480 e. The third-order valence-corrected chi connectivity index (χ3v) is 2.13. The predicted octanol–water partition coefficient (Wildman–Crippen LogP) is -2.15. The van der Waals surface area contributed by atoms with Crippen molar-refractivity contribution in [2.45, 2.75) is 18.6 Å². The molecular weight excluding hydrogens is 232 g/mol. The molecule has 0 aromatic carbocycles. The van der Waals surface area contributed by atoms with E-state index in [0.717, 1.165) is 0 Å². The van der Waals surface area contributed by atoms with Crippen molar-refractivity contribution in [3.63, 3.8) is 0 Å². The molecule has 1 rings (SSSR count). The van der Waals surface area contributed by atoms with E-state index in [4.69, 9.17) is 20.3 Å². The molecule has 0 spiro atoms. The number of carbonyl (C=O) groups excluding carboxylic acids is 2. The number of aliphatic carboxylic acids is 1. The largest absolute Gasteiger partial charge is 0.480 e. The van der Waals surface area contributed by atoms with Gasteiger partial charge in [-0.3, -0.25) is 9.59 Å². The van der Waals surface area contributed by atoms with Gasteiger partial charge in [0.05, 0.1) is 26.2 Å². The van der Waals surface area contributed by atoms with Crippen molar-refractivity contribution in [2.75, 3.05) is 19.8 Å². The summed E-state index contributed by atoms with van der Waals surface area (Å²) in [5.74, 6) is -2.76. The first-order valence-corrected chi connectivity index (χ1v) is 5.01. The van der Waals surface area contributed by atoms with Crippen LogP contribution in [0.25, 0.3) is 0 Å². The van der Waals surface area contributed by atoms with Gasteiger partial charge in [-0.25, -0.2) is 4.79 Å². The Morgan fingerprint density at radius 1 is 1.41 bits per heavy atom. The van der Waals surface area contributed by atoms with Crippen LogP contribution in [0, 0.1) is 0 Å². The monoisotopic (exact) mass is 246 g/mol. The van der Waals surface area contributed by atoms with Gasteiger partial charge in [-0.15, -0.1) is 0 Å². The van der Waals surface area contributed by atoms with Crippen LogP contribution in [0.5, 0.6) is 0 Å². The van der Waals surface area contributed by atoms with Gasteiger partial charge in [0.1, 0.15) is 6.04 Å². The molecule has 1 heterocycles. The predicted molar refractivity (Wildman–Crippen MR) is 53.9 cm³/mol. The van der Waals surface area contributed by atoms with E-state index in [9.17, 15) is 14.4 Å². The van der Waals surface area contributed by atoms with Gasteiger partial charge in [-0.1, -0.05) is 0 Å². The Morgan fingerprint density at radius 3 is 2.59 bits per heavy atom. The Morgan fingerprint density at radius 2 is 2.12 bits per heavy atom. The molecule has 8 heteroatoms. The van der Waals surface area contributed by atoms with Gasteiger partial charge >= 0.3 is 5.97 Å². The fourth-order valence-corrected chi connectivity index (χ4v) is 1.31. The van der Waals surface area contributed by atoms with E-state index in [1.54, 1.807) is 0 Å². The van der Waals surface area contributed by atoms with E-state index in [-0.39, 0.29) is 13.2 Å². The summed E-state index contributed by atoms with van der Waals surface area (Å²) < 4.78 is 10.1. The highest BCUT2D eigenvalue weighted by Gasteiger charge is 2.28. The van der Waals surface area contributed by atoms with Crippen molar-refractivity contribution in [3.05, 3.63) is 0 Å². The first kappa shape index (κ1) is 13.4. The lowest BCUT2D eigenvalue weighted by atomic mass is 10.2. The molecule has 1 aliphatic rings. The third kappa shape index (κ3) is 4.37. The highest BCUT2D eigenvalue weighted by molar-refractivity contribution is 5.89. The maximum atomic E-state index is 11.6. The summed E-state index contributed by atoms with van der Waals surface area (Å²) in [4.78, 5) is 32.9. The molecule has 1 unspecified atom stereocenters. The zero-order chi connectivity index (χ0) is 12.8. The molecule has 1 fully saturated rings. The summed E-state index contributed by atoms with van der Waals surface area (Å²) in [6, 6.07) is -1.34. The number of nitrogens with one attached hydrogen (secondary N) is 1. The number of carbonyl (C=O) groups is 3. The van der Waals surface area contributed by atoms with Crippen molar-refractivity contribution in [2.24, 2.45) is 5.73 Å². The maximum Gasteiger partial charge on any atom is 0.326 e. The highest BCUT2D eigenvalue weighted by atomic mass is 16.6. The van der Waals surface area contributed by atoms with Gasteiger partial charge in [0, 0.05) is 0 Å². The van der Waals surface area contributed by atoms with Gasteiger partial charge in [-0.05, 0) is 0 Å². The van der Waals surface area contributed by atoms with Gasteiger partial charge in [0.15, 0.2) is 6.10 Å². The number of primary amides is 1. The first-order chi connectivity index (χ1) is 8.00. The number of rotatable bonds is 5. The number of carboxylic acids is 1. The van der Waals surface area contributed by atoms with Crippen LogP contribution < -0.4 is 11.1 Å². The highest BCUT2D eigenvalue weighted by Crippen LogP contribution is 2.02. The number of hydrogen-bond donors (Lipinski definition) is 3. The number of nitrogens with two attached hydrogens (primary N) is 1. The second-order valence-corrected chi connectivity index (χ2v) is 3.50. The Balaban J connectivity index is 2.50. The number of amides is 2. The van der Waals surface area contributed by atoms with E-state index < -0.39 is 36.4 Å². The minimum atomic E-state index is -1.34. The average molecular weight is 246 g/mol. The SMILES string of the molecule is NC(=O)C[C@H](NC(=O)C1COCCO1)C(=O)O. The molecule has 1 aliphatic heterocycles. The van der Waals surface area contributed by atoms with E-state index in [0.29, 0.717) is 6.61 Å². The van der Waals surface area contributed by atoms with Crippen LogP contribution >= 0.6 is 0 Å². The van der Waals surface area contributed by atoms with Crippen molar-refractivity contribution in [1.82, 2.24) is 5.32 Å². The summed E-state index contributed by atoms with van der Waals surface area (Å²) in [6.45, 7) is 0.730. The number of ether oxygens (including phenoxy) is 2. The lowest BCUT2D eigenvalue weighted by molar-refractivity contribution is -0.152. The number of carboxylic acid groups (broad SMARTS) is 1. The van der Waals surface area contributed by atoms with Crippen LogP contribution in [0.15, 0.2) is 0 Å². The van der Waals surface area contributed by atoms with Crippen LogP contribution in [0.1, 0.15) is 6.42 Å². The molecule has 2 amide bonds. The summed E-state index contributed by atoms with van der Waals surface area (Å²) in [5.41, 5.74) is 4.88. The molecule has 0 saturated carbocycles. The Bertz CT molecular complexity index is 313. The van der Waals surface area contributed by atoms with Crippen LogP contribution in [-0.4, -0.2) is 54.9 Å². The molecule has 2 atom stereocenters. The van der Waals surface area contributed by atoms with Crippen LogP contribution in [0.2, 0.25) is 0 Å². The van der Waals surface area contributed by atoms with Gasteiger partial charge in [-0.2, -0.15) is 0 Å². The van der Waals surface area contributed by atoms with Gasteiger partial charge in [0.2, 0.25) is 5.91 Å². The number of hydrogen-bond acceptors (Lipinski definition) is 5. The lowest BCUT2D eigenvalue weighted by Crippen LogP contribution is -2.50. The fourth-order valence-electron chi connectivity index (χ4n) is 1.31. The summed E-state index contributed by atoms with van der Waals surface area (Å²) in [5, 5.41) is 10.9. The van der Waals surface area contributed by atoms with E-state index in [1.807, 2.05) is 0 Å². The molecule has 96 valence electrons. The quantitative estimate of drug-likeness (QED) is 0.507. The summed E-state index contributed by atoms with van der Waals surface area (Å²) in [7, 11) is 0. The molecule has 8 nitrogen and oxygen atoms in total. The molecule has 4 N–H and O–H groups in total. The molecule has 0 aliphatic carbocycles. The van der Waals surface area contributed by atoms with Gasteiger partial charge in [0.25, 0.3) is 5.91 Å². The summed E-state index contributed by atoms with van der Waals surface area (Å²) >= 11 is 0. The van der Waals surface area contributed by atoms with Crippen molar-refractivity contribution < 1.29 is 29.0 Å². The van der Waals surface area contributed by atoms with E-state index >= 15 is 0 Å². The van der Waals surface area contributed by atoms with Crippen LogP contribution in [-0.2, 0) is 23.9 Å². The fraction of sp³-hybridized carbons (Fsp3) is 0.667. The molecule has 0 aromatic rings. The average Bonchev–Trinajstić information content (AvgIpc) is 2.28. The Kier molecular flexibility index (Phi) is 4.85. The van der Waals surface area contributed by atoms with Crippen LogP contribution in [0.4, 0.5) is 0 Å². The topological polar surface area (TPSA) is 128 Å². The molecule has 17 heavy (non-hydrogen) atoms. The standard InChI is InChI=1S/C9H14N2O6/c10-7(12)3-5(9(14)15)11-8(13)6-4-16-1-2-17-6/h5-6H,1-4H2,(H2,10,12)(H,11,13)(H,14,15)/t5-,6?/m0/s1. The van der Waals surface area contributed by atoms with E-state index in [2.05, 4.69) is 5.32 Å². The van der Waals surface area contributed by atoms with Crippen LogP contribution in [0.3, 0.4) is 0 Å². The molecule has 1 saturated heterocycles. The van der Waals surface area contributed by atoms with Gasteiger partial charge < -0.3 is 25.6 Å². The van der Waals surface area contributed by atoms with Crippen molar-refractivity contribution in [3.8, 4) is 0 Å². The maximum absolute atomic E-state index is 11.6. The Labute approximate surface area is 97.0 Å². The normalized spacial score (nSPS) is 21.5. The molecule has 0 radical (unpaired) electrons. The zero-order valence-electron chi connectivity index (χ0n) is 9.05. The first-order valence-electron chi connectivity index (χ1n) is 5.01. The third-order valence-electron chi connectivity index (χ3n) is 2.13. The molecular formula is C9H14N2O6. The molecule has 0 aromatic heterocycles. The minimum absolute atomic E-state index is 0.0642. The van der Waals surface area contributed by atoms with Crippen molar-refractivity contribution >= 4 is 17.8 Å². The lowest BCUT2D eigenvalue weighted by Gasteiger charge is -2.23. The Hall–Kier alpha value is -1.67. The second kappa shape index (κ2) is 6.16. The zero-order valence-corrected chi connectivity index (χ0v) is 9.05.